The minimum atomic E-state index is -0.419. The van der Waals surface area contributed by atoms with Crippen LogP contribution >= 0.6 is 0 Å². The second kappa shape index (κ2) is 2.34. The van der Waals surface area contributed by atoms with Gasteiger partial charge >= 0.3 is 0 Å². The molecule has 0 aliphatic heterocycles. The molecule has 0 aromatic rings. The van der Waals surface area contributed by atoms with E-state index in [0.717, 1.165) is 12.8 Å². The molecule has 1 saturated carbocycles. The molecule has 0 amide bonds. The standard InChI is InChI=1S/C10H16O/c1-8-4-2-6-10(11)7-3-5-9(8)10/h2,6,8-9,11H,3-5,7H2,1H3/t8-,9+,10-/m1/s1. The average Bonchev–Trinajstić information content (AvgIpc) is 2.31. The van der Waals surface area contributed by atoms with E-state index in [9.17, 15) is 5.11 Å². The van der Waals surface area contributed by atoms with Gasteiger partial charge in [-0.25, -0.2) is 0 Å². The average molecular weight is 152 g/mol. The van der Waals surface area contributed by atoms with Crippen LogP contribution in [0.15, 0.2) is 12.2 Å². The van der Waals surface area contributed by atoms with Crippen LogP contribution in [0.25, 0.3) is 0 Å². The molecule has 0 saturated heterocycles. The first-order valence-electron chi connectivity index (χ1n) is 4.62. The number of rotatable bonds is 0. The van der Waals surface area contributed by atoms with Crippen molar-refractivity contribution in [2.45, 2.75) is 38.2 Å². The monoisotopic (exact) mass is 152 g/mol. The lowest BCUT2D eigenvalue weighted by molar-refractivity contribution is 0.0208. The summed E-state index contributed by atoms with van der Waals surface area (Å²) in [4.78, 5) is 0. The summed E-state index contributed by atoms with van der Waals surface area (Å²) in [5, 5.41) is 10.1. The normalized spacial score (nSPS) is 49.3. The predicted octanol–water partition coefficient (Wildman–Crippen LogP) is 2.11. The fourth-order valence-electron chi connectivity index (χ4n) is 2.68. The Kier molecular flexibility index (Phi) is 1.57. The highest BCUT2D eigenvalue weighted by atomic mass is 16.3. The Balaban J connectivity index is 2.27. The molecule has 0 heterocycles. The molecule has 0 spiro atoms. The van der Waals surface area contributed by atoms with Crippen LogP contribution in [-0.4, -0.2) is 10.7 Å². The minimum Gasteiger partial charge on any atom is -0.385 e. The number of aliphatic hydroxyl groups is 1. The lowest BCUT2D eigenvalue weighted by Crippen LogP contribution is -2.36. The molecule has 1 fully saturated rings. The summed E-state index contributed by atoms with van der Waals surface area (Å²) in [7, 11) is 0. The predicted molar refractivity (Wildman–Crippen MR) is 45.2 cm³/mol. The van der Waals surface area contributed by atoms with Gasteiger partial charge in [-0.05, 0) is 37.5 Å². The van der Waals surface area contributed by atoms with E-state index in [-0.39, 0.29) is 0 Å². The summed E-state index contributed by atoms with van der Waals surface area (Å²) in [6, 6.07) is 0. The molecule has 0 bridgehead atoms. The Hall–Kier alpha value is -0.300. The number of hydrogen-bond donors (Lipinski definition) is 1. The molecule has 0 unspecified atom stereocenters. The van der Waals surface area contributed by atoms with Gasteiger partial charge in [-0.3, -0.25) is 0 Å². The topological polar surface area (TPSA) is 20.2 Å². The summed E-state index contributed by atoms with van der Waals surface area (Å²) < 4.78 is 0. The van der Waals surface area contributed by atoms with E-state index in [1.54, 1.807) is 0 Å². The largest absolute Gasteiger partial charge is 0.385 e. The highest BCUT2D eigenvalue weighted by Crippen LogP contribution is 2.44. The van der Waals surface area contributed by atoms with Gasteiger partial charge in [0, 0.05) is 0 Å². The summed E-state index contributed by atoms with van der Waals surface area (Å²) in [5.41, 5.74) is -0.419. The van der Waals surface area contributed by atoms with Gasteiger partial charge in [-0.2, -0.15) is 0 Å². The first kappa shape index (κ1) is 7.35. The third-order valence-corrected chi connectivity index (χ3v) is 3.34. The van der Waals surface area contributed by atoms with Crippen LogP contribution < -0.4 is 0 Å². The Bertz CT molecular complexity index is 185. The van der Waals surface area contributed by atoms with Crippen molar-refractivity contribution in [3.63, 3.8) is 0 Å². The molecule has 1 N–H and O–H groups in total. The van der Waals surface area contributed by atoms with Crippen LogP contribution in [0.5, 0.6) is 0 Å². The lowest BCUT2D eigenvalue weighted by Gasteiger charge is -2.34. The van der Waals surface area contributed by atoms with Gasteiger partial charge in [0.2, 0.25) is 0 Å². The SMILES string of the molecule is C[C@@H]1CC=C[C@@]2(O)CCC[C@@H]12. The van der Waals surface area contributed by atoms with Gasteiger partial charge in [0.25, 0.3) is 0 Å². The molecular formula is C10H16O. The van der Waals surface area contributed by atoms with Crippen molar-refractivity contribution in [3.05, 3.63) is 12.2 Å². The van der Waals surface area contributed by atoms with Crippen molar-refractivity contribution in [2.75, 3.05) is 0 Å². The second-order valence-corrected chi connectivity index (χ2v) is 4.11. The maximum Gasteiger partial charge on any atom is 0.0858 e. The van der Waals surface area contributed by atoms with E-state index in [2.05, 4.69) is 13.0 Å². The smallest absolute Gasteiger partial charge is 0.0858 e. The quantitative estimate of drug-likeness (QED) is 0.527. The molecule has 62 valence electrons. The van der Waals surface area contributed by atoms with Crippen LogP contribution in [0.1, 0.15) is 32.6 Å². The molecule has 0 aromatic carbocycles. The zero-order valence-corrected chi connectivity index (χ0v) is 7.09. The van der Waals surface area contributed by atoms with Crippen LogP contribution in [0.2, 0.25) is 0 Å². The first-order chi connectivity index (χ1) is 5.22. The fourth-order valence-corrected chi connectivity index (χ4v) is 2.68. The van der Waals surface area contributed by atoms with Gasteiger partial charge in [0.05, 0.1) is 5.60 Å². The maximum absolute atomic E-state index is 10.1. The maximum atomic E-state index is 10.1. The van der Waals surface area contributed by atoms with Crippen molar-refractivity contribution < 1.29 is 5.11 Å². The van der Waals surface area contributed by atoms with E-state index < -0.39 is 5.60 Å². The summed E-state index contributed by atoms with van der Waals surface area (Å²) in [6.45, 7) is 2.25. The fraction of sp³-hybridized carbons (Fsp3) is 0.800. The molecule has 1 nitrogen and oxygen atoms in total. The Morgan fingerprint density at radius 3 is 3.09 bits per heavy atom. The molecule has 11 heavy (non-hydrogen) atoms. The molecule has 1 heteroatoms. The Morgan fingerprint density at radius 2 is 2.36 bits per heavy atom. The molecule has 2 aliphatic rings. The molecule has 0 radical (unpaired) electrons. The van der Waals surface area contributed by atoms with Crippen LogP contribution in [0.4, 0.5) is 0 Å². The molecule has 2 rings (SSSR count). The number of hydrogen-bond acceptors (Lipinski definition) is 1. The van der Waals surface area contributed by atoms with Gasteiger partial charge in [0.1, 0.15) is 0 Å². The van der Waals surface area contributed by atoms with E-state index in [0.29, 0.717) is 11.8 Å². The van der Waals surface area contributed by atoms with E-state index >= 15 is 0 Å². The van der Waals surface area contributed by atoms with Gasteiger partial charge in [-0.1, -0.05) is 19.1 Å². The molecule has 2 aliphatic carbocycles. The zero-order chi connectivity index (χ0) is 7.90. The van der Waals surface area contributed by atoms with Crippen molar-refractivity contribution in [3.8, 4) is 0 Å². The highest BCUT2D eigenvalue weighted by Gasteiger charge is 2.43. The highest BCUT2D eigenvalue weighted by molar-refractivity contribution is 5.13. The van der Waals surface area contributed by atoms with Crippen LogP contribution in [0, 0.1) is 11.8 Å². The van der Waals surface area contributed by atoms with Gasteiger partial charge in [0.15, 0.2) is 0 Å². The third kappa shape index (κ3) is 1.02. The molecule has 3 atom stereocenters. The van der Waals surface area contributed by atoms with Crippen LogP contribution in [0.3, 0.4) is 0 Å². The molecule has 0 aromatic heterocycles. The van der Waals surface area contributed by atoms with Gasteiger partial charge in [-0.15, -0.1) is 0 Å². The summed E-state index contributed by atoms with van der Waals surface area (Å²) >= 11 is 0. The van der Waals surface area contributed by atoms with Crippen molar-refractivity contribution in [2.24, 2.45) is 11.8 Å². The van der Waals surface area contributed by atoms with E-state index in [1.165, 1.54) is 12.8 Å². The van der Waals surface area contributed by atoms with Gasteiger partial charge < -0.3 is 5.11 Å². The minimum absolute atomic E-state index is 0.419. The second-order valence-electron chi connectivity index (χ2n) is 4.11. The Labute approximate surface area is 68.1 Å². The van der Waals surface area contributed by atoms with Crippen molar-refractivity contribution in [1.82, 2.24) is 0 Å². The van der Waals surface area contributed by atoms with Crippen molar-refractivity contribution in [1.29, 1.82) is 0 Å². The van der Waals surface area contributed by atoms with E-state index in [1.807, 2.05) is 6.08 Å². The zero-order valence-electron chi connectivity index (χ0n) is 7.09. The summed E-state index contributed by atoms with van der Waals surface area (Å²) in [6.07, 6.45) is 8.75. The third-order valence-electron chi connectivity index (χ3n) is 3.34. The number of fused-ring (bicyclic) bond motifs is 1. The first-order valence-corrected chi connectivity index (χ1v) is 4.62. The number of allylic oxidation sites excluding steroid dienone is 1. The Morgan fingerprint density at radius 1 is 1.55 bits per heavy atom. The van der Waals surface area contributed by atoms with Crippen molar-refractivity contribution >= 4 is 0 Å². The summed E-state index contributed by atoms with van der Waals surface area (Å²) in [5.74, 6) is 1.24. The van der Waals surface area contributed by atoms with Crippen LogP contribution in [-0.2, 0) is 0 Å². The van der Waals surface area contributed by atoms with E-state index in [4.69, 9.17) is 0 Å². The molecular weight excluding hydrogens is 136 g/mol. The lowest BCUT2D eigenvalue weighted by atomic mass is 9.76.